The second-order valence-corrected chi connectivity index (χ2v) is 11.3. The first kappa shape index (κ1) is 32.6. The number of nitrogens with zero attached hydrogens (tertiary/aromatic N) is 1. The van der Waals surface area contributed by atoms with E-state index < -0.39 is 39.6 Å². The third kappa shape index (κ3) is 10.1. The average Bonchev–Trinajstić information content (AvgIpc) is 3.26. The van der Waals surface area contributed by atoms with Crippen LogP contribution in [-0.2, 0) is 54.4 Å². The monoisotopic (exact) mass is 600 g/mol. The number of carboxylic acids is 1. The highest BCUT2D eigenvalue weighted by molar-refractivity contribution is 7.91. The van der Waals surface area contributed by atoms with Crippen molar-refractivity contribution in [2.24, 2.45) is 0 Å². The number of hydrogen-bond acceptors (Lipinski definition) is 11. The molecule has 15 heteroatoms. The van der Waals surface area contributed by atoms with Gasteiger partial charge in [0.05, 0.1) is 83.1 Å². The van der Waals surface area contributed by atoms with Gasteiger partial charge in [0, 0.05) is 24.1 Å². The molecule has 1 aromatic rings. The molecule has 0 radical (unpaired) electrons. The highest BCUT2D eigenvalue weighted by Gasteiger charge is 2.41. The number of imide groups is 1. The van der Waals surface area contributed by atoms with Crippen LogP contribution in [0.5, 0.6) is 0 Å². The van der Waals surface area contributed by atoms with Gasteiger partial charge in [-0.25, -0.2) is 8.42 Å². The first-order valence-corrected chi connectivity index (χ1v) is 15.0. The molecule has 0 spiro atoms. The van der Waals surface area contributed by atoms with Crippen molar-refractivity contribution in [1.82, 2.24) is 10.2 Å². The van der Waals surface area contributed by atoms with E-state index in [1.807, 2.05) is 0 Å². The van der Waals surface area contributed by atoms with Crippen molar-refractivity contribution in [3.63, 3.8) is 0 Å². The minimum Gasteiger partial charge on any atom is -0.481 e. The van der Waals surface area contributed by atoms with Crippen LogP contribution in [-0.4, -0.2) is 120 Å². The van der Waals surface area contributed by atoms with Crippen molar-refractivity contribution in [2.75, 3.05) is 71.8 Å². The highest BCUT2D eigenvalue weighted by Crippen LogP contribution is 2.32. The molecule has 3 rings (SSSR count). The summed E-state index contributed by atoms with van der Waals surface area (Å²) in [6.07, 6.45) is 0.263. The van der Waals surface area contributed by atoms with Crippen LogP contribution in [0.25, 0.3) is 0 Å². The predicted octanol–water partition coefficient (Wildman–Crippen LogP) is -0.221. The van der Waals surface area contributed by atoms with Crippen LogP contribution < -0.4 is 5.32 Å². The number of sulfone groups is 1. The molecule has 2 aliphatic rings. The van der Waals surface area contributed by atoms with Crippen molar-refractivity contribution in [3.8, 4) is 0 Å². The van der Waals surface area contributed by atoms with E-state index in [1.54, 1.807) is 0 Å². The molecule has 1 unspecified atom stereocenters. The lowest BCUT2D eigenvalue weighted by Crippen LogP contribution is -2.52. The number of piperidine rings is 1. The first-order chi connectivity index (χ1) is 19.7. The number of aliphatic carboxylic acids is 1. The summed E-state index contributed by atoms with van der Waals surface area (Å²) in [6, 6.07) is 3.66. The molecule has 1 atom stereocenters. The summed E-state index contributed by atoms with van der Waals surface area (Å²) in [5.41, 5.74) is 0.584. The minimum atomic E-state index is -3.77. The molecule has 0 saturated carbocycles. The quantitative estimate of drug-likeness (QED) is 0.148. The molecule has 0 bridgehead atoms. The molecule has 2 aliphatic heterocycles. The zero-order valence-corrected chi connectivity index (χ0v) is 23.5. The minimum absolute atomic E-state index is 0.0260. The van der Waals surface area contributed by atoms with E-state index in [2.05, 4.69) is 5.32 Å². The number of carbonyl (C=O) groups excluding carboxylic acids is 3. The van der Waals surface area contributed by atoms with Gasteiger partial charge in [-0.2, -0.15) is 0 Å². The van der Waals surface area contributed by atoms with Crippen LogP contribution in [0.15, 0.2) is 23.1 Å². The number of ether oxygens (including phenoxy) is 5. The van der Waals surface area contributed by atoms with Crippen LogP contribution in [0, 0.1) is 0 Å². The van der Waals surface area contributed by atoms with Gasteiger partial charge in [0.25, 0.3) is 5.91 Å². The molecule has 3 amide bonds. The van der Waals surface area contributed by atoms with E-state index >= 15 is 0 Å². The largest absolute Gasteiger partial charge is 0.481 e. The van der Waals surface area contributed by atoms with Gasteiger partial charge in [-0.3, -0.25) is 24.5 Å². The standard InChI is InChI=1S/C26H36N2O12S/c29-23-5-4-21(25(32)27-23)28-18-20-19(26(28)33)2-1-3-22(20)41(34,35)17-16-40-15-14-39-13-12-38-11-10-37-9-8-36-7-6-24(30)31/h1-3,21H,4-18H2,(H,30,31)(H,27,29,32). The molecule has 0 aromatic heterocycles. The summed E-state index contributed by atoms with van der Waals surface area (Å²) in [5, 5.41) is 10.7. The normalized spacial score (nSPS) is 17.1. The van der Waals surface area contributed by atoms with E-state index in [9.17, 15) is 27.6 Å². The summed E-state index contributed by atoms with van der Waals surface area (Å²) < 4.78 is 52.6. The Morgan fingerprint density at radius 1 is 0.878 bits per heavy atom. The van der Waals surface area contributed by atoms with Gasteiger partial charge in [-0.1, -0.05) is 6.07 Å². The summed E-state index contributed by atoms with van der Waals surface area (Å²) in [5.74, 6) is -2.58. The van der Waals surface area contributed by atoms with Gasteiger partial charge in [0.2, 0.25) is 11.8 Å². The van der Waals surface area contributed by atoms with Gasteiger partial charge in [0.1, 0.15) is 6.04 Å². The topological polar surface area (TPSA) is 184 Å². The number of rotatable bonds is 20. The van der Waals surface area contributed by atoms with Crippen molar-refractivity contribution >= 4 is 33.5 Å². The van der Waals surface area contributed by atoms with Crippen molar-refractivity contribution < 1.29 is 56.4 Å². The van der Waals surface area contributed by atoms with E-state index in [4.69, 9.17) is 28.8 Å². The molecular weight excluding hydrogens is 564 g/mol. The zero-order valence-electron chi connectivity index (χ0n) is 22.7. The van der Waals surface area contributed by atoms with Gasteiger partial charge in [0.15, 0.2) is 9.84 Å². The second-order valence-electron chi connectivity index (χ2n) is 9.21. The number of amides is 3. The summed E-state index contributed by atoms with van der Waals surface area (Å²) in [6.45, 7) is 2.58. The zero-order chi connectivity index (χ0) is 29.7. The Bertz CT molecular complexity index is 1170. The van der Waals surface area contributed by atoms with Crippen LogP contribution in [0.1, 0.15) is 35.2 Å². The maximum atomic E-state index is 13.0. The maximum Gasteiger partial charge on any atom is 0.305 e. The van der Waals surface area contributed by atoms with Crippen LogP contribution in [0.4, 0.5) is 0 Å². The van der Waals surface area contributed by atoms with E-state index in [0.717, 1.165) is 0 Å². The Morgan fingerprint density at radius 3 is 2.00 bits per heavy atom. The Morgan fingerprint density at radius 2 is 1.44 bits per heavy atom. The van der Waals surface area contributed by atoms with Crippen LogP contribution >= 0.6 is 0 Å². The Labute approximate surface area is 238 Å². The third-order valence-electron chi connectivity index (χ3n) is 6.32. The Balaban J connectivity index is 1.27. The number of fused-ring (bicyclic) bond motifs is 1. The fraction of sp³-hybridized carbons (Fsp3) is 0.615. The number of nitrogens with one attached hydrogen (secondary N) is 1. The molecule has 1 aromatic carbocycles. The van der Waals surface area contributed by atoms with Crippen molar-refractivity contribution in [3.05, 3.63) is 29.3 Å². The second kappa shape index (κ2) is 16.5. The average molecular weight is 601 g/mol. The molecular formula is C26H36N2O12S. The van der Waals surface area contributed by atoms with E-state index in [1.165, 1.54) is 23.1 Å². The molecule has 0 aliphatic carbocycles. The van der Waals surface area contributed by atoms with Gasteiger partial charge < -0.3 is 33.7 Å². The van der Waals surface area contributed by atoms with Crippen molar-refractivity contribution in [1.29, 1.82) is 0 Å². The van der Waals surface area contributed by atoms with Crippen molar-refractivity contribution in [2.45, 2.75) is 36.7 Å². The summed E-state index contributed by atoms with van der Waals surface area (Å²) >= 11 is 0. The predicted molar refractivity (Wildman–Crippen MR) is 141 cm³/mol. The smallest absolute Gasteiger partial charge is 0.305 e. The Hall–Kier alpha value is -2.95. The number of carboxylic acid groups (broad SMARTS) is 1. The maximum absolute atomic E-state index is 13.0. The fourth-order valence-electron chi connectivity index (χ4n) is 4.27. The lowest BCUT2D eigenvalue weighted by molar-refractivity contribution is -0.139. The number of benzene rings is 1. The SMILES string of the molecule is O=C(O)CCOCCOCCOCCOCCOCCS(=O)(=O)c1cccc2c1CN(C1CCC(=O)NC1=O)C2=O. The van der Waals surface area contributed by atoms with Gasteiger partial charge in [-0.15, -0.1) is 0 Å². The van der Waals surface area contributed by atoms with Crippen LogP contribution in [0.2, 0.25) is 0 Å². The molecule has 2 N–H and O–H groups in total. The Kier molecular flexibility index (Phi) is 13.1. The summed E-state index contributed by atoms with van der Waals surface area (Å²) in [7, 11) is -3.77. The van der Waals surface area contributed by atoms with Gasteiger partial charge in [-0.05, 0) is 18.6 Å². The fourth-order valence-corrected chi connectivity index (χ4v) is 5.66. The third-order valence-corrected chi connectivity index (χ3v) is 8.08. The van der Waals surface area contributed by atoms with E-state index in [-0.39, 0.29) is 68.4 Å². The molecule has 14 nitrogen and oxygen atoms in total. The summed E-state index contributed by atoms with van der Waals surface area (Å²) in [4.78, 5) is 48.3. The lowest BCUT2D eigenvalue weighted by atomic mass is 10.0. The van der Waals surface area contributed by atoms with Gasteiger partial charge >= 0.3 is 5.97 Å². The lowest BCUT2D eigenvalue weighted by Gasteiger charge is -2.29. The number of hydrogen-bond donors (Lipinski definition) is 2. The molecule has 2 heterocycles. The molecule has 228 valence electrons. The molecule has 1 fully saturated rings. The number of carbonyl (C=O) groups is 4. The molecule has 41 heavy (non-hydrogen) atoms. The highest BCUT2D eigenvalue weighted by atomic mass is 32.2. The van der Waals surface area contributed by atoms with Crippen LogP contribution in [0.3, 0.4) is 0 Å². The molecule has 1 saturated heterocycles. The van der Waals surface area contributed by atoms with E-state index in [0.29, 0.717) is 45.2 Å². The first-order valence-electron chi connectivity index (χ1n) is 13.3.